The summed E-state index contributed by atoms with van der Waals surface area (Å²) in [5, 5.41) is 13.4. The molecule has 0 bridgehead atoms. The van der Waals surface area contributed by atoms with E-state index >= 15 is 0 Å². The van der Waals surface area contributed by atoms with Crippen LogP contribution in [0.3, 0.4) is 0 Å². The van der Waals surface area contributed by atoms with Gasteiger partial charge in [0.2, 0.25) is 0 Å². The molecule has 1 fully saturated rings. The van der Waals surface area contributed by atoms with Crippen LogP contribution in [0.5, 0.6) is 0 Å². The zero-order chi connectivity index (χ0) is 9.62. The maximum Gasteiger partial charge on any atom is 0.144 e. The third-order valence-corrected chi connectivity index (χ3v) is 2.62. The van der Waals surface area contributed by atoms with Crippen LogP contribution < -0.4 is 5.32 Å². The van der Waals surface area contributed by atoms with Crippen molar-refractivity contribution in [2.24, 2.45) is 0 Å². The average molecular weight is 167 g/mol. The van der Waals surface area contributed by atoms with E-state index in [9.17, 15) is 5.11 Å². The van der Waals surface area contributed by atoms with Gasteiger partial charge in [-0.25, -0.2) is 0 Å². The maximum atomic E-state index is 10.1. The molecule has 1 aliphatic rings. The predicted octanol–water partition coefficient (Wildman–Crippen LogP) is 0.901. The fraction of sp³-hybridized carbons (Fsp3) is 0.800. The van der Waals surface area contributed by atoms with E-state index in [1.807, 2.05) is 27.7 Å². The van der Waals surface area contributed by atoms with E-state index in [1.54, 1.807) is 0 Å². The lowest BCUT2D eigenvalue weighted by Gasteiger charge is -2.31. The molecule has 1 heterocycles. The smallest absolute Gasteiger partial charge is 0.144 e. The molecule has 0 amide bonds. The second-order valence-electron chi connectivity index (χ2n) is 4.82. The first kappa shape index (κ1) is 9.57. The second kappa shape index (κ2) is 2.25. The number of aliphatic hydroxyl groups is 1. The van der Waals surface area contributed by atoms with E-state index in [0.717, 1.165) is 0 Å². The molecule has 1 saturated heterocycles. The fourth-order valence-corrected chi connectivity index (χ4v) is 2.09. The van der Waals surface area contributed by atoms with Crippen LogP contribution in [0, 0.1) is 12.3 Å². The molecule has 68 valence electrons. The van der Waals surface area contributed by atoms with Crippen molar-refractivity contribution in [2.75, 3.05) is 0 Å². The third-order valence-electron chi connectivity index (χ3n) is 2.62. The van der Waals surface area contributed by atoms with E-state index in [2.05, 4.69) is 11.2 Å². The summed E-state index contributed by atoms with van der Waals surface area (Å²) < 4.78 is 0. The molecule has 1 aliphatic heterocycles. The Hall–Kier alpha value is -0.520. The Morgan fingerprint density at radius 1 is 1.33 bits per heavy atom. The molecule has 1 rings (SSSR count). The quantitative estimate of drug-likeness (QED) is 0.525. The first-order valence-corrected chi connectivity index (χ1v) is 4.22. The van der Waals surface area contributed by atoms with Crippen LogP contribution in [0.25, 0.3) is 0 Å². The number of hydrogen-bond acceptors (Lipinski definition) is 2. The van der Waals surface area contributed by atoms with Crippen molar-refractivity contribution in [3.63, 3.8) is 0 Å². The van der Waals surface area contributed by atoms with Gasteiger partial charge in [-0.1, -0.05) is 5.92 Å². The molecule has 0 spiro atoms. The lowest BCUT2D eigenvalue weighted by Crippen LogP contribution is -2.52. The number of hydrogen-bond donors (Lipinski definition) is 2. The molecular formula is C10H17NO. The van der Waals surface area contributed by atoms with Crippen LogP contribution >= 0.6 is 0 Å². The van der Waals surface area contributed by atoms with Crippen molar-refractivity contribution in [3.05, 3.63) is 0 Å². The molecule has 2 N–H and O–H groups in total. The highest BCUT2D eigenvalue weighted by Gasteiger charge is 2.53. The SMILES string of the molecule is C#CC1(O)CC(C)(C)NC1(C)C. The summed E-state index contributed by atoms with van der Waals surface area (Å²) in [7, 11) is 0. The molecule has 1 unspecified atom stereocenters. The Labute approximate surface area is 74.4 Å². The zero-order valence-corrected chi connectivity index (χ0v) is 8.23. The molecule has 0 radical (unpaired) electrons. The average Bonchev–Trinajstić information content (AvgIpc) is 1.98. The third kappa shape index (κ3) is 1.24. The van der Waals surface area contributed by atoms with Gasteiger partial charge in [0.15, 0.2) is 0 Å². The molecule has 2 heteroatoms. The minimum absolute atomic E-state index is 0.0787. The van der Waals surface area contributed by atoms with Gasteiger partial charge >= 0.3 is 0 Å². The Balaban J connectivity index is 3.02. The normalized spacial score (nSPS) is 37.7. The highest BCUT2D eigenvalue weighted by atomic mass is 16.3. The summed E-state index contributed by atoms with van der Waals surface area (Å²) >= 11 is 0. The van der Waals surface area contributed by atoms with Gasteiger partial charge < -0.3 is 10.4 Å². The second-order valence-corrected chi connectivity index (χ2v) is 4.82. The summed E-state index contributed by atoms with van der Waals surface area (Å²) in [5.41, 5.74) is -1.49. The van der Waals surface area contributed by atoms with E-state index in [1.165, 1.54) is 0 Å². The van der Waals surface area contributed by atoms with Gasteiger partial charge in [0, 0.05) is 12.0 Å². The molecule has 0 saturated carbocycles. The minimum Gasteiger partial charge on any atom is -0.376 e. The fourth-order valence-electron chi connectivity index (χ4n) is 2.09. The largest absolute Gasteiger partial charge is 0.376 e. The van der Waals surface area contributed by atoms with Crippen molar-refractivity contribution in [1.29, 1.82) is 0 Å². The van der Waals surface area contributed by atoms with Gasteiger partial charge in [-0.05, 0) is 27.7 Å². The Bertz CT molecular complexity index is 237. The molecule has 0 aliphatic carbocycles. The molecule has 0 aromatic carbocycles. The molecule has 0 aromatic heterocycles. The van der Waals surface area contributed by atoms with E-state index in [0.29, 0.717) is 6.42 Å². The Morgan fingerprint density at radius 2 is 1.83 bits per heavy atom. The summed E-state index contributed by atoms with van der Waals surface area (Å²) in [6, 6.07) is 0. The van der Waals surface area contributed by atoms with Crippen LogP contribution in [-0.2, 0) is 0 Å². The predicted molar refractivity (Wildman–Crippen MR) is 49.7 cm³/mol. The van der Waals surface area contributed by atoms with Gasteiger partial charge in [0.1, 0.15) is 5.60 Å². The molecule has 2 nitrogen and oxygen atoms in total. The summed E-state index contributed by atoms with van der Waals surface area (Å²) in [4.78, 5) is 0. The van der Waals surface area contributed by atoms with Crippen molar-refractivity contribution in [3.8, 4) is 12.3 Å². The Morgan fingerprint density at radius 3 is 2.00 bits per heavy atom. The van der Waals surface area contributed by atoms with Crippen molar-refractivity contribution >= 4 is 0 Å². The van der Waals surface area contributed by atoms with Gasteiger partial charge in [0.05, 0.1) is 5.54 Å². The van der Waals surface area contributed by atoms with Crippen molar-refractivity contribution in [1.82, 2.24) is 5.32 Å². The van der Waals surface area contributed by atoms with Gasteiger partial charge in [-0.15, -0.1) is 6.42 Å². The van der Waals surface area contributed by atoms with Crippen LogP contribution in [0.4, 0.5) is 0 Å². The van der Waals surface area contributed by atoms with E-state index in [-0.39, 0.29) is 5.54 Å². The molecular weight excluding hydrogens is 150 g/mol. The van der Waals surface area contributed by atoms with E-state index in [4.69, 9.17) is 6.42 Å². The Kier molecular flexibility index (Phi) is 1.79. The lowest BCUT2D eigenvalue weighted by atomic mass is 9.83. The van der Waals surface area contributed by atoms with Crippen molar-refractivity contribution < 1.29 is 5.11 Å². The topological polar surface area (TPSA) is 32.3 Å². The molecule has 0 aromatic rings. The highest BCUT2D eigenvalue weighted by Crippen LogP contribution is 2.38. The van der Waals surface area contributed by atoms with Crippen LogP contribution in [0.15, 0.2) is 0 Å². The number of rotatable bonds is 0. The maximum absolute atomic E-state index is 10.1. The summed E-state index contributed by atoms with van der Waals surface area (Å²) in [6.07, 6.45) is 5.93. The first-order chi connectivity index (χ1) is 5.22. The van der Waals surface area contributed by atoms with Crippen LogP contribution in [0.2, 0.25) is 0 Å². The monoisotopic (exact) mass is 167 g/mol. The minimum atomic E-state index is -1.02. The summed E-state index contributed by atoms with van der Waals surface area (Å²) in [5.74, 6) is 2.48. The standard InChI is InChI=1S/C10H17NO/c1-6-10(12)7-8(2,3)11-9(10,4)5/h1,11-12H,7H2,2-5H3. The van der Waals surface area contributed by atoms with Gasteiger partial charge in [-0.2, -0.15) is 0 Å². The highest BCUT2D eigenvalue weighted by molar-refractivity contribution is 5.25. The lowest BCUT2D eigenvalue weighted by molar-refractivity contribution is 0.0486. The van der Waals surface area contributed by atoms with Gasteiger partial charge in [-0.3, -0.25) is 0 Å². The van der Waals surface area contributed by atoms with Crippen molar-refractivity contribution in [2.45, 2.75) is 50.8 Å². The van der Waals surface area contributed by atoms with Gasteiger partial charge in [0.25, 0.3) is 0 Å². The number of nitrogens with one attached hydrogen (secondary N) is 1. The zero-order valence-electron chi connectivity index (χ0n) is 8.23. The first-order valence-electron chi connectivity index (χ1n) is 4.22. The van der Waals surface area contributed by atoms with E-state index < -0.39 is 11.1 Å². The van der Waals surface area contributed by atoms with Crippen LogP contribution in [-0.4, -0.2) is 21.8 Å². The molecule has 12 heavy (non-hydrogen) atoms. The summed E-state index contributed by atoms with van der Waals surface area (Å²) in [6.45, 7) is 7.96. The number of terminal acetylenes is 1. The molecule has 1 atom stereocenters. The van der Waals surface area contributed by atoms with Crippen LogP contribution in [0.1, 0.15) is 34.1 Å².